The Balaban J connectivity index is 1.60. The zero-order valence-corrected chi connectivity index (χ0v) is 16.1. The molecule has 0 heterocycles. The molecule has 0 aliphatic heterocycles. The zero-order valence-electron chi connectivity index (χ0n) is 16.1. The summed E-state index contributed by atoms with van der Waals surface area (Å²) in [6.07, 6.45) is -0.661. The first-order chi connectivity index (χ1) is 13.6. The van der Waals surface area contributed by atoms with Crippen LogP contribution in [0, 0.1) is 5.92 Å². The Hall–Kier alpha value is -3.27. The van der Waals surface area contributed by atoms with Crippen LogP contribution in [0.25, 0.3) is 0 Å². The van der Waals surface area contributed by atoms with E-state index >= 15 is 0 Å². The minimum absolute atomic E-state index is 0.0135. The molecule has 3 rings (SSSR count). The molecule has 4 nitrogen and oxygen atoms in total. The van der Waals surface area contributed by atoms with Gasteiger partial charge in [0.05, 0.1) is 0 Å². The molecule has 0 aliphatic carbocycles. The van der Waals surface area contributed by atoms with E-state index in [-0.39, 0.29) is 18.5 Å². The number of para-hydroxylation sites is 2. The van der Waals surface area contributed by atoms with E-state index in [1.165, 1.54) is 0 Å². The third-order valence-electron chi connectivity index (χ3n) is 4.10. The number of benzene rings is 3. The molecule has 0 fully saturated rings. The summed E-state index contributed by atoms with van der Waals surface area (Å²) in [5.74, 6) is 1.71. The Labute approximate surface area is 165 Å². The van der Waals surface area contributed by atoms with Gasteiger partial charge < -0.3 is 14.2 Å². The Morgan fingerprint density at radius 1 is 0.786 bits per heavy atom. The molecule has 1 atom stereocenters. The fraction of sp³-hybridized carbons (Fsp3) is 0.208. The van der Waals surface area contributed by atoms with Crippen LogP contribution in [0.2, 0.25) is 0 Å². The second-order valence-corrected chi connectivity index (χ2v) is 6.77. The van der Waals surface area contributed by atoms with Gasteiger partial charge in [0, 0.05) is 5.92 Å². The molecular weight excluding hydrogens is 352 g/mol. The molecule has 0 saturated carbocycles. The van der Waals surface area contributed by atoms with Crippen LogP contribution < -0.4 is 9.47 Å². The topological polar surface area (TPSA) is 44.8 Å². The summed E-state index contributed by atoms with van der Waals surface area (Å²) in [6.45, 7) is 4.03. The molecule has 4 heteroatoms. The van der Waals surface area contributed by atoms with Crippen LogP contribution in [-0.2, 0) is 16.1 Å². The molecule has 0 aromatic heterocycles. The molecule has 0 N–H and O–H groups in total. The van der Waals surface area contributed by atoms with Crippen LogP contribution in [0.4, 0.5) is 0 Å². The lowest BCUT2D eigenvalue weighted by molar-refractivity contribution is -0.155. The predicted molar refractivity (Wildman–Crippen MR) is 108 cm³/mol. The lowest BCUT2D eigenvalue weighted by atomic mass is 10.1. The number of rotatable bonds is 8. The van der Waals surface area contributed by atoms with Crippen LogP contribution >= 0.6 is 0 Å². The van der Waals surface area contributed by atoms with Gasteiger partial charge in [0.25, 0.3) is 0 Å². The normalized spacial score (nSPS) is 11.7. The number of carbonyl (C=O) groups excluding carboxylic acids is 1. The first kappa shape index (κ1) is 19.5. The monoisotopic (exact) mass is 376 g/mol. The Morgan fingerprint density at radius 3 is 2.04 bits per heavy atom. The van der Waals surface area contributed by atoms with Gasteiger partial charge in [-0.05, 0) is 42.0 Å². The molecule has 3 aromatic carbocycles. The van der Waals surface area contributed by atoms with Crippen molar-refractivity contribution in [1.82, 2.24) is 0 Å². The summed E-state index contributed by atoms with van der Waals surface area (Å²) in [5, 5.41) is 0. The van der Waals surface area contributed by atoms with Crippen molar-refractivity contribution in [2.75, 3.05) is 0 Å². The fourth-order valence-corrected chi connectivity index (χ4v) is 2.66. The van der Waals surface area contributed by atoms with Gasteiger partial charge in [-0.3, -0.25) is 0 Å². The maximum atomic E-state index is 12.6. The first-order valence-electron chi connectivity index (χ1n) is 9.32. The average molecular weight is 376 g/mol. The molecule has 28 heavy (non-hydrogen) atoms. The molecule has 144 valence electrons. The number of ether oxygens (including phenoxy) is 3. The van der Waals surface area contributed by atoms with Crippen LogP contribution in [0.1, 0.15) is 19.4 Å². The lowest BCUT2D eigenvalue weighted by Gasteiger charge is -2.21. The minimum atomic E-state index is -0.661. The largest absolute Gasteiger partial charge is 0.478 e. The molecule has 0 amide bonds. The minimum Gasteiger partial charge on any atom is -0.478 e. The summed E-state index contributed by atoms with van der Waals surface area (Å²) in [7, 11) is 0. The van der Waals surface area contributed by atoms with Gasteiger partial charge >= 0.3 is 5.97 Å². The van der Waals surface area contributed by atoms with Crippen molar-refractivity contribution >= 4 is 5.97 Å². The molecular formula is C24H24O4. The number of hydrogen-bond acceptors (Lipinski definition) is 4. The lowest BCUT2D eigenvalue weighted by Crippen LogP contribution is -2.34. The zero-order chi connectivity index (χ0) is 19.8. The SMILES string of the molecule is CC(C)C(Oc1ccccc1)C(=O)OCc1cccc(Oc2ccccc2)c1. The fourth-order valence-electron chi connectivity index (χ4n) is 2.66. The smallest absolute Gasteiger partial charge is 0.347 e. The van der Waals surface area contributed by atoms with Crippen molar-refractivity contribution in [2.45, 2.75) is 26.6 Å². The van der Waals surface area contributed by atoms with Crippen molar-refractivity contribution in [2.24, 2.45) is 5.92 Å². The maximum Gasteiger partial charge on any atom is 0.347 e. The Kier molecular flexibility index (Phi) is 6.68. The van der Waals surface area contributed by atoms with Crippen molar-refractivity contribution < 1.29 is 19.0 Å². The highest BCUT2D eigenvalue weighted by Crippen LogP contribution is 2.22. The highest BCUT2D eigenvalue weighted by atomic mass is 16.6. The molecule has 0 radical (unpaired) electrons. The average Bonchev–Trinajstić information content (AvgIpc) is 2.72. The van der Waals surface area contributed by atoms with Gasteiger partial charge in [-0.15, -0.1) is 0 Å². The molecule has 1 unspecified atom stereocenters. The predicted octanol–water partition coefficient (Wildman–Crippen LogP) is 5.63. The van der Waals surface area contributed by atoms with Gasteiger partial charge in [-0.2, -0.15) is 0 Å². The summed E-state index contributed by atoms with van der Waals surface area (Å²) in [6, 6.07) is 26.4. The molecule has 0 spiro atoms. The van der Waals surface area contributed by atoms with Gasteiger partial charge in [-0.25, -0.2) is 4.79 Å². The van der Waals surface area contributed by atoms with Gasteiger partial charge in [0.15, 0.2) is 6.10 Å². The quantitative estimate of drug-likeness (QED) is 0.478. The summed E-state index contributed by atoms with van der Waals surface area (Å²) in [5.41, 5.74) is 0.851. The van der Waals surface area contributed by atoms with Crippen molar-refractivity contribution in [3.63, 3.8) is 0 Å². The van der Waals surface area contributed by atoms with Crippen molar-refractivity contribution in [1.29, 1.82) is 0 Å². The third-order valence-corrected chi connectivity index (χ3v) is 4.10. The van der Waals surface area contributed by atoms with Crippen LogP contribution in [0.3, 0.4) is 0 Å². The Bertz CT molecular complexity index is 875. The van der Waals surface area contributed by atoms with Gasteiger partial charge in [0.1, 0.15) is 23.9 Å². The molecule has 0 bridgehead atoms. The van der Waals surface area contributed by atoms with Gasteiger partial charge in [0.2, 0.25) is 0 Å². The van der Waals surface area contributed by atoms with Gasteiger partial charge in [-0.1, -0.05) is 62.4 Å². The van der Waals surface area contributed by atoms with E-state index in [0.29, 0.717) is 11.5 Å². The van der Waals surface area contributed by atoms with Crippen LogP contribution in [0.5, 0.6) is 17.2 Å². The summed E-state index contributed by atoms with van der Waals surface area (Å²) < 4.78 is 17.2. The highest BCUT2D eigenvalue weighted by molar-refractivity contribution is 5.75. The van der Waals surface area contributed by atoms with Crippen LogP contribution in [0.15, 0.2) is 84.9 Å². The van der Waals surface area contributed by atoms with E-state index in [2.05, 4.69) is 0 Å². The highest BCUT2D eigenvalue weighted by Gasteiger charge is 2.26. The van der Waals surface area contributed by atoms with E-state index in [4.69, 9.17) is 14.2 Å². The van der Waals surface area contributed by atoms with E-state index in [1.54, 1.807) is 0 Å². The first-order valence-corrected chi connectivity index (χ1v) is 9.32. The number of hydrogen-bond donors (Lipinski definition) is 0. The number of esters is 1. The Morgan fingerprint density at radius 2 is 1.39 bits per heavy atom. The van der Waals surface area contributed by atoms with E-state index in [1.807, 2.05) is 98.8 Å². The van der Waals surface area contributed by atoms with E-state index in [9.17, 15) is 4.79 Å². The standard InChI is InChI=1S/C24H24O4/c1-18(2)23(28-21-13-7-4-8-14-21)24(25)26-17-19-10-9-15-22(16-19)27-20-11-5-3-6-12-20/h3-16,18,23H,17H2,1-2H3. The van der Waals surface area contributed by atoms with E-state index in [0.717, 1.165) is 11.3 Å². The van der Waals surface area contributed by atoms with Crippen molar-refractivity contribution in [3.05, 3.63) is 90.5 Å². The van der Waals surface area contributed by atoms with Crippen molar-refractivity contribution in [3.8, 4) is 17.2 Å². The maximum absolute atomic E-state index is 12.6. The second-order valence-electron chi connectivity index (χ2n) is 6.77. The second kappa shape index (κ2) is 9.60. The van der Waals surface area contributed by atoms with Crippen LogP contribution in [-0.4, -0.2) is 12.1 Å². The summed E-state index contributed by atoms with van der Waals surface area (Å²) in [4.78, 5) is 12.6. The molecule has 0 aliphatic rings. The van der Waals surface area contributed by atoms with E-state index < -0.39 is 6.10 Å². The number of carbonyl (C=O) groups is 1. The molecule has 3 aromatic rings. The summed E-state index contributed by atoms with van der Waals surface area (Å²) >= 11 is 0. The third kappa shape index (κ3) is 5.61. The molecule has 0 saturated heterocycles.